The van der Waals surface area contributed by atoms with Crippen molar-refractivity contribution in [3.8, 4) is 0 Å². The summed E-state index contributed by atoms with van der Waals surface area (Å²) in [6, 6.07) is 13.4. The molecule has 3 rings (SSSR count). The number of nitrogens with zero attached hydrogens (tertiary/aromatic N) is 2. The van der Waals surface area contributed by atoms with Crippen LogP contribution in [0, 0.1) is 5.82 Å². The lowest BCUT2D eigenvalue weighted by molar-refractivity contribution is 0.0491. The standard InChI is InChI=1S/C22H27FN4O3/c1-15-12-26(22(29)24-11-18-4-3-5-20(23)10-18)13-16(2)27(15)14-17-6-8-19(9-7-17)21(28)25-30/h3-10,15-16,30H,11-14H2,1-2H3,(H,24,29)(H,25,28)/t15-,16+. The summed E-state index contributed by atoms with van der Waals surface area (Å²) >= 11 is 0. The van der Waals surface area contributed by atoms with E-state index in [9.17, 15) is 14.0 Å². The second kappa shape index (κ2) is 9.69. The minimum absolute atomic E-state index is 0.147. The summed E-state index contributed by atoms with van der Waals surface area (Å²) < 4.78 is 13.3. The molecule has 1 fully saturated rings. The van der Waals surface area contributed by atoms with Crippen molar-refractivity contribution < 1.29 is 19.2 Å². The van der Waals surface area contributed by atoms with Crippen LogP contribution in [-0.4, -0.2) is 52.1 Å². The lowest BCUT2D eigenvalue weighted by Crippen LogP contribution is -2.59. The van der Waals surface area contributed by atoms with Crippen LogP contribution in [0.5, 0.6) is 0 Å². The van der Waals surface area contributed by atoms with Crippen LogP contribution in [0.1, 0.15) is 35.3 Å². The molecule has 1 heterocycles. The minimum atomic E-state index is -0.541. The topological polar surface area (TPSA) is 84.9 Å². The predicted octanol–water partition coefficient (Wildman–Crippen LogP) is 2.75. The van der Waals surface area contributed by atoms with E-state index in [1.165, 1.54) is 12.1 Å². The van der Waals surface area contributed by atoms with Gasteiger partial charge in [-0.1, -0.05) is 24.3 Å². The van der Waals surface area contributed by atoms with Crippen LogP contribution < -0.4 is 10.8 Å². The Balaban J connectivity index is 1.55. The van der Waals surface area contributed by atoms with Crippen LogP contribution in [-0.2, 0) is 13.1 Å². The van der Waals surface area contributed by atoms with Gasteiger partial charge in [0.1, 0.15) is 5.82 Å². The molecule has 2 aromatic carbocycles. The lowest BCUT2D eigenvalue weighted by atomic mass is 10.1. The maximum Gasteiger partial charge on any atom is 0.317 e. The number of amides is 3. The van der Waals surface area contributed by atoms with Crippen molar-refractivity contribution in [2.45, 2.75) is 39.0 Å². The highest BCUT2D eigenvalue weighted by Gasteiger charge is 2.31. The number of urea groups is 1. The number of carbonyl (C=O) groups is 2. The van der Waals surface area contributed by atoms with Gasteiger partial charge in [0.05, 0.1) is 0 Å². The van der Waals surface area contributed by atoms with E-state index in [0.717, 1.165) is 11.1 Å². The summed E-state index contributed by atoms with van der Waals surface area (Å²) in [5.74, 6) is -0.858. The van der Waals surface area contributed by atoms with Gasteiger partial charge < -0.3 is 10.2 Å². The summed E-state index contributed by atoms with van der Waals surface area (Å²) in [6.45, 7) is 6.32. The quantitative estimate of drug-likeness (QED) is 0.519. The Morgan fingerprint density at radius 1 is 1.07 bits per heavy atom. The van der Waals surface area contributed by atoms with Crippen LogP contribution in [0.4, 0.5) is 9.18 Å². The van der Waals surface area contributed by atoms with Crippen LogP contribution in [0.3, 0.4) is 0 Å². The fourth-order valence-corrected chi connectivity index (χ4v) is 3.81. The zero-order valence-electron chi connectivity index (χ0n) is 17.1. The van der Waals surface area contributed by atoms with Crippen LogP contribution >= 0.6 is 0 Å². The van der Waals surface area contributed by atoms with Crippen LogP contribution in [0.25, 0.3) is 0 Å². The molecule has 0 spiro atoms. The molecule has 0 aromatic heterocycles. The van der Waals surface area contributed by atoms with Gasteiger partial charge in [0.2, 0.25) is 0 Å². The van der Waals surface area contributed by atoms with Gasteiger partial charge in [0.25, 0.3) is 5.91 Å². The fourth-order valence-electron chi connectivity index (χ4n) is 3.81. The Hall–Kier alpha value is -2.97. The summed E-state index contributed by atoms with van der Waals surface area (Å²) in [4.78, 5) is 28.1. The van der Waals surface area contributed by atoms with Crippen molar-refractivity contribution in [2.24, 2.45) is 0 Å². The number of hydrogen-bond acceptors (Lipinski definition) is 4. The summed E-state index contributed by atoms with van der Waals surface area (Å²) in [5, 5.41) is 11.6. The molecule has 160 valence electrons. The third-order valence-electron chi connectivity index (χ3n) is 5.40. The van der Waals surface area contributed by atoms with Crippen molar-refractivity contribution in [1.29, 1.82) is 0 Å². The number of hydroxylamine groups is 1. The van der Waals surface area contributed by atoms with Gasteiger partial charge in [-0.05, 0) is 49.2 Å². The zero-order valence-corrected chi connectivity index (χ0v) is 17.1. The first-order chi connectivity index (χ1) is 14.4. The van der Waals surface area contributed by atoms with E-state index in [2.05, 4.69) is 24.1 Å². The average molecular weight is 414 g/mol. The van der Waals surface area contributed by atoms with E-state index < -0.39 is 5.91 Å². The first-order valence-corrected chi connectivity index (χ1v) is 9.93. The van der Waals surface area contributed by atoms with Crippen molar-refractivity contribution in [3.63, 3.8) is 0 Å². The van der Waals surface area contributed by atoms with Crippen LogP contribution in [0.15, 0.2) is 48.5 Å². The van der Waals surface area contributed by atoms with E-state index in [0.29, 0.717) is 25.2 Å². The van der Waals surface area contributed by atoms with E-state index in [4.69, 9.17) is 5.21 Å². The molecule has 0 radical (unpaired) electrons. The highest BCUT2D eigenvalue weighted by Crippen LogP contribution is 2.19. The Labute approximate surface area is 175 Å². The highest BCUT2D eigenvalue weighted by molar-refractivity contribution is 5.93. The maximum atomic E-state index is 13.3. The van der Waals surface area contributed by atoms with E-state index in [-0.39, 0.29) is 30.5 Å². The SMILES string of the molecule is C[C@@H]1CN(C(=O)NCc2cccc(F)c2)C[C@H](C)N1Cc1ccc(C(=O)NO)cc1. The predicted molar refractivity (Wildman–Crippen MR) is 110 cm³/mol. The van der Waals surface area contributed by atoms with E-state index in [1.54, 1.807) is 34.6 Å². The normalized spacial score (nSPS) is 19.4. The Morgan fingerprint density at radius 2 is 1.73 bits per heavy atom. The Kier molecular flexibility index (Phi) is 7.02. The number of hydrogen-bond donors (Lipinski definition) is 3. The second-order valence-corrected chi connectivity index (χ2v) is 7.70. The summed E-state index contributed by atoms with van der Waals surface area (Å²) in [7, 11) is 0. The first kappa shape index (κ1) is 21.7. The highest BCUT2D eigenvalue weighted by atomic mass is 19.1. The largest absolute Gasteiger partial charge is 0.334 e. The average Bonchev–Trinajstić information content (AvgIpc) is 2.74. The van der Waals surface area contributed by atoms with Crippen molar-refractivity contribution in [3.05, 3.63) is 71.0 Å². The zero-order chi connectivity index (χ0) is 21.7. The molecule has 0 unspecified atom stereocenters. The van der Waals surface area contributed by atoms with Gasteiger partial charge in [0, 0.05) is 43.8 Å². The molecule has 0 aliphatic carbocycles. The summed E-state index contributed by atoms with van der Waals surface area (Å²) in [5.41, 5.74) is 3.79. The molecule has 8 heteroatoms. The van der Waals surface area contributed by atoms with Gasteiger partial charge in [-0.15, -0.1) is 0 Å². The Bertz CT molecular complexity index is 878. The van der Waals surface area contributed by atoms with Crippen LogP contribution in [0.2, 0.25) is 0 Å². The minimum Gasteiger partial charge on any atom is -0.334 e. The van der Waals surface area contributed by atoms with Crippen molar-refractivity contribution in [2.75, 3.05) is 13.1 Å². The molecule has 3 N–H and O–H groups in total. The molecule has 3 amide bonds. The number of nitrogens with one attached hydrogen (secondary N) is 2. The van der Waals surface area contributed by atoms with Gasteiger partial charge in [0.15, 0.2) is 0 Å². The monoisotopic (exact) mass is 414 g/mol. The smallest absolute Gasteiger partial charge is 0.317 e. The number of piperazine rings is 1. The van der Waals surface area contributed by atoms with Gasteiger partial charge >= 0.3 is 6.03 Å². The molecule has 7 nitrogen and oxygen atoms in total. The summed E-state index contributed by atoms with van der Waals surface area (Å²) in [6.07, 6.45) is 0. The Morgan fingerprint density at radius 3 is 2.33 bits per heavy atom. The number of halogens is 1. The molecule has 30 heavy (non-hydrogen) atoms. The van der Waals surface area contributed by atoms with Crippen molar-refractivity contribution >= 4 is 11.9 Å². The molecule has 2 aromatic rings. The molecular formula is C22H27FN4O3. The molecule has 1 aliphatic heterocycles. The van der Waals surface area contributed by atoms with Gasteiger partial charge in [-0.25, -0.2) is 14.7 Å². The van der Waals surface area contributed by atoms with Gasteiger partial charge in [-0.2, -0.15) is 0 Å². The third-order valence-corrected chi connectivity index (χ3v) is 5.40. The fraction of sp³-hybridized carbons (Fsp3) is 0.364. The second-order valence-electron chi connectivity index (χ2n) is 7.70. The lowest BCUT2D eigenvalue weighted by Gasteiger charge is -2.44. The molecule has 0 saturated carbocycles. The van der Waals surface area contributed by atoms with Gasteiger partial charge in [-0.3, -0.25) is 14.9 Å². The molecule has 2 atom stereocenters. The number of carbonyl (C=O) groups excluding carboxylic acids is 2. The molecule has 1 saturated heterocycles. The maximum absolute atomic E-state index is 13.3. The number of benzene rings is 2. The molecule has 1 aliphatic rings. The third kappa shape index (κ3) is 5.34. The molecule has 0 bridgehead atoms. The van der Waals surface area contributed by atoms with E-state index in [1.807, 2.05) is 12.1 Å². The van der Waals surface area contributed by atoms with Crippen molar-refractivity contribution in [1.82, 2.24) is 20.6 Å². The molecular weight excluding hydrogens is 387 g/mol. The number of rotatable bonds is 5. The first-order valence-electron chi connectivity index (χ1n) is 9.93. The van der Waals surface area contributed by atoms with E-state index >= 15 is 0 Å².